The number of hydrogen-bond donors (Lipinski definition) is 0. The van der Waals surface area contributed by atoms with Crippen molar-refractivity contribution in [1.29, 1.82) is 0 Å². The molecule has 0 spiro atoms. The van der Waals surface area contributed by atoms with Gasteiger partial charge in [0.2, 0.25) is 0 Å². The second kappa shape index (κ2) is 9.54. The van der Waals surface area contributed by atoms with Gasteiger partial charge >= 0.3 is 6.09 Å². The molecule has 1 aromatic heterocycles. The van der Waals surface area contributed by atoms with Crippen molar-refractivity contribution in [2.75, 3.05) is 20.1 Å². The van der Waals surface area contributed by atoms with Gasteiger partial charge in [0.25, 0.3) is 0 Å². The van der Waals surface area contributed by atoms with Gasteiger partial charge in [-0.05, 0) is 69.1 Å². The number of hydrogen-bond acceptors (Lipinski definition) is 4. The van der Waals surface area contributed by atoms with E-state index in [4.69, 9.17) is 9.84 Å². The zero-order valence-electron chi connectivity index (χ0n) is 21.4. The topological polar surface area (TPSA) is 50.6 Å². The molecular formula is C29H33FN4O2. The van der Waals surface area contributed by atoms with Crippen molar-refractivity contribution in [1.82, 2.24) is 19.6 Å². The summed E-state index contributed by atoms with van der Waals surface area (Å²) in [7, 11) is 2.06. The number of carbonyl (C=O) groups is 1. The maximum atomic E-state index is 14.8. The Kier molecular flexibility index (Phi) is 6.43. The Morgan fingerprint density at radius 3 is 2.64 bits per heavy atom. The van der Waals surface area contributed by atoms with Gasteiger partial charge in [0.15, 0.2) is 0 Å². The van der Waals surface area contributed by atoms with Crippen molar-refractivity contribution < 1.29 is 13.9 Å². The highest BCUT2D eigenvalue weighted by Gasteiger charge is 2.28. The van der Waals surface area contributed by atoms with Gasteiger partial charge < -0.3 is 9.64 Å². The van der Waals surface area contributed by atoms with Crippen molar-refractivity contribution in [3.8, 4) is 11.3 Å². The first-order valence-electron chi connectivity index (χ1n) is 12.5. The Labute approximate surface area is 212 Å². The highest BCUT2D eigenvalue weighted by molar-refractivity contribution is 5.73. The molecule has 0 unspecified atom stereocenters. The van der Waals surface area contributed by atoms with Gasteiger partial charge in [-0.15, -0.1) is 0 Å². The van der Waals surface area contributed by atoms with Gasteiger partial charge in [-0.3, -0.25) is 9.58 Å². The Morgan fingerprint density at radius 1 is 1.11 bits per heavy atom. The summed E-state index contributed by atoms with van der Waals surface area (Å²) < 4.78 is 22.3. The van der Waals surface area contributed by atoms with Crippen molar-refractivity contribution in [2.45, 2.75) is 52.4 Å². The molecule has 6 nitrogen and oxygen atoms in total. The van der Waals surface area contributed by atoms with Gasteiger partial charge in [-0.2, -0.15) is 5.10 Å². The summed E-state index contributed by atoms with van der Waals surface area (Å²) in [4.78, 5) is 16.3. The Hall–Kier alpha value is -3.45. The lowest BCUT2D eigenvalue weighted by Gasteiger charge is -2.29. The number of halogens is 1. The number of amides is 1. The predicted octanol–water partition coefficient (Wildman–Crippen LogP) is 5.71. The quantitative estimate of drug-likeness (QED) is 0.472. The molecule has 1 amide bonds. The zero-order valence-corrected chi connectivity index (χ0v) is 21.4. The van der Waals surface area contributed by atoms with E-state index in [0.29, 0.717) is 25.2 Å². The molecule has 2 aliphatic rings. The second-order valence-electron chi connectivity index (χ2n) is 10.7. The summed E-state index contributed by atoms with van der Waals surface area (Å²) in [6.07, 6.45) is 2.60. The fourth-order valence-electron chi connectivity index (χ4n) is 4.96. The molecule has 3 heterocycles. The van der Waals surface area contributed by atoms with Gasteiger partial charge in [0.1, 0.15) is 11.4 Å². The first kappa shape index (κ1) is 24.3. The van der Waals surface area contributed by atoms with E-state index in [2.05, 4.69) is 42.3 Å². The molecular weight excluding hydrogens is 455 g/mol. The molecule has 2 aromatic carbocycles. The minimum absolute atomic E-state index is 0.230. The highest BCUT2D eigenvalue weighted by atomic mass is 19.1. The molecule has 0 fully saturated rings. The average Bonchev–Trinajstić information content (AvgIpc) is 3.34. The van der Waals surface area contributed by atoms with Crippen LogP contribution in [0.1, 0.15) is 49.6 Å². The number of fused-ring (bicyclic) bond motifs is 1. The third-order valence-electron chi connectivity index (χ3n) is 6.60. The lowest BCUT2D eigenvalue weighted by molar-refractivity contribution is 0.0270. The normalized spacial score (nSPS) is 16.1. The molecule has 36 heavy (non-hydrogen) atoms. The molecule has 3 aromatic rings. The van der Waals surface area contributed by atoms with Gasteiger partial charge in [0, 0.05) is 37.3 Å². The molecule has 2 aliphatic heterocycles. The smallest absolute Gasteiger partial charge is 0.410 e. The number of carbonyl (C=O) groups excluding carboxylic acids is 1. The summed E-state index contributed by atoms with van der Waals surface area (Å²) in [6.45, 7) is 8.90. The van der Waals surface area contributed by atoms with Gasteiger partial charge in [0.05, 0.1) is 17.9 Å². The maximum Gasteiger partial charge on any atom is 0.410 e. The lowest BCUT2D eigenvalue weighted by Crippen LogP contribution is -2.39. The Morgan fingerprint density at radius 2 is 1.92 bits per heavy atom. The van der Waals surface area contributed by atoms with Crippen molar-refractivity contribution in [3.63, 3.8) is 0 Å². The number of aromatic nitrogens is 2. The third-order valence-corrected chi connectivity index (χ3v) is 6.60. The van der Waals surface area contributed by atoms with E-state index in [1.165, 1.54) is 11.6 Å². The van der Waals surface area contributed by atoms with Crippen LogP contribution in [0.4, 0.5) is 9.18 Å². The van der Waals surface area contributed by atoms with Crippen LogP contribution in [-0.4, -0.2) is 51.4 Å². The van der Waals surface area contributed by atoms with Crippen LogP contribution in [0.15, 0.2) is 54.6 Å². The van der Waals surface area contributed by atoms with Crippen LogP contribution in [0.3, 0.4) is 0 Å². The molecule has 0 atom stereocenters. The minimum Gasteiger partial charge on any atom is -0.444 e. The van der Waals surface area contributed by atoms with Crippen molar-refractivity contribution in [3.05, 3.63) is 82.8 Å². The summed E-state index contributed by atoms with van der Waals surface area (Å²) in [5, 5.41) is 4.89. The second-order valence-corrected chi connectivity index (χ2v) is 10.7. The van der Waals surface area contributed by atoms with Crippen LogP contribution in [0.5, 0.6) is 0 Å². The molecule has 7 heteroatoms. The monoisotopic (exact) mass is 488 g/mol. The van der Waals surface area contributed by atoms with E-state index in [1.807, 2.05) is 37.6 Å². The van der Waals surface area contributed by atoms with Crippen LogP contribution in [0, 0.1) is 5.82 Å². The zero-order chi connectivity index (χ0) is 25.4. The first-order valence-corrected chi connectivity index (χ1v) is 12.5. The molecule has 0 saturated carbocycles. The van der Waals surface area contributed by atoms with E-state index in [1.54, 1.807) is 11.0 Å². The number of benzene rings is 2. The van der Waals surface area contributed by atoms with Crippen molar-refractivity contribution in [2.24, 2.45) is 0 Å². The SMILES string of the molecule is CN1Cc2nn(Cc3cccc(C4=CCN(C(=O)OC(C)(C)C)CC4)c3)c(-c3ccccc3F)c2C1. The number of ether oxygens (including phenoxy) is 1. The summed E-state index contributed by atoms with van der Waals surface area (Å²) in [5.41, 5.74) is 6.55. The van der Waals surface area contributed by atoms with E-state index in [-0.39, 0.29) is 11.9 Å². The maximum absolute atomic E-state index is 14.8. The number of nitrogens with zero attached hydrogens (tertiary/aromatic N) is 4. The van der Waals surface area contributed by atoms with Crippen LogP contribution >= 0.6 is 0 Å². The van der Waals surface area contributed by atoms with Gasteiger partial charge in [-0.1, -0.05) is 36.4 Å². The van der Waals surface area contributed by atoms with E-state index >= 15 is 0 Å². The summed E-state index contributed by atoms with van der Waals surface area (Å²) >= 11 is 0. The molecule has 0 bridgehead atoms. The molecule has 188 valence electrons. The molecule has 0 aliphatic carbocycles. The standard InChI is InChI=1S/C29H33FN4O2/c1-29(2,3)36-28(35)33-14-12-21(13-15-33)22-9-7-8-20(16-22)17-34-27(23-10-5-6-11-25(23)30)24-18-32(4)19-26(24)31-34/h5-12,16H,13-15,17-19H2,1-4H3. The van der Waals surface area contributed by atoms with Crippen molar-refractivity contribution >= 4 is 11.7 Å². The van der Waals surface area contributed by atoms with Crippen LogP contribution < -0.4 is 0 Å². The average molecular weight is 489 g/mol. The van der Waals surface area contributed by atoms with Crippen LogP contribution in [-0.2, 0) is 24.4 Å². The molecule has 0 saturated heterocycles. The summed E-state index contributed by atoms with van der Waals surface area (Å²) in [6, 6.07) is 15.4. The van der Waals surface area contributed by atoms with E-state index in [9.17, 15) is 9.18 Å². The van der Waals surface area contributed by atoms with Crippen LogP contribution in [0.2, 0.25) is 0 Å². The van der Waals surface area contributed by atoms with E-state index in [0.717, 1.165) is 47.6 Å². The van der Waals surface area contributed by atoms with Gasteiger partial charge in [-0.25, -0.2) is 9.18 Å². The van der Waals surface area contributed by atoms with Crippen LogP contribution in [0.25, 0.3) is 16.8 Å². The fourth-order valence-corrected chi connectivity index (χ4v) is 4.96. The minimum atomic E-state index is -0.501. The highest BCUT2D eigenvalue weighted by Crippen LogP contribution is 2.34. The third kappa shape index (κ3) is 5.07. The fraction of sp³-hybridized carbons (Fsp3) is 0.379. The predicted molar refractivity (Wildman–Crippen MR) is 139 cm³/mol. The molecule has 0 N–H and O–H groups in total. The van der Waals surface area contributed by atoms with E-state index < -0.39 is 5.60 Å². The largest absolute Gasteiger partial charge is 0.444 e. The summed E-state index contributed by atoms with van der Waals surface area (Å²) in [5.74, 6) is -0.230. The number of rotatable bonds is 4. The lowest BCUT2D eigenvalue weighted by atomic mass is 9.98. The first-order chi connectivity index (χ1) is 17.2. The molecule has 5 rings (SSSR count). The molecule has 0 radical (unpaired) electrons. The Bertz CT molecular complexity index is 1320. The Balaban J connectivity index is 1.38.